The largest absolute Gasteiger partial charge is 0.481 e. The molecule has 0 radical (unpaired) electrons. The van der Waals surface area contributed by atoms with Gasteiger partial charge in [-0.15, -0.1) is 0 Å². The van der Waals surface area contributed by atoms with Crippen LogP contribution in [0.25, 0.3) is 6.08 Å². The van der Waals surface area contributed by atoms with Gasteiger partial charge in [0.15, 0.2) is 0 Å². The predicted octanol–water partition coefficient (Wildman–Crippen LogP) is 4.79. The van der Waals surface area contributed by atoms with Gasteiger partial charge in [0.25, 0.3) is 0 Å². The van der Waals surface area contributed by atoms with E-state index in [-0.39, 0.29) is 24.9 Å². The van der Waals surface area contributed by atoms with Crippen LogP contribution in [-0.2, 0) is 15.1 Å². The maximum Gasteiger partial charge on any atom is 0.322 e. The molecule has 7 heteroatoms. The van der Waals surface area contributed by atoms with Crippen molar-refractivity contribution in [1.82, 2.24) is 10.2 Å². The highest BCUT2D eigenvalue weighted by atomic mass is 35.5. The SMILES string of the molecule is CC(C)C1=CN(CCC(=O)O)C(=O)N[C@@]1(C)c1ccc(C=C2CCOCC2)c(Cl)c1. The van der Waals surface area contributed by atoms with Crippen molar-refractivity contribution < 1.29 is 19.4 Å². The Morgan fingerprint density at radius 2 is 2.07 bits per heavy atom. The van der Waals surface area contributed by atoms with Crippen molar-refractivity contribution in [2.24, 2.45) is 5.92 Å². The first kappa shape index (κ1) is 22.4. The van der Waals surface area contributed by atoms with E-state index >= 15 is 0 Å². The summed E-state index contributed by atoms with van der Waals surface area (Å²) in [7, 11) is 0. The molecule has 3 rings (SSSR count). The minimum absolute atomic E-state index is 0.105. The summed E-state index contributed by atoms with van der Waals surface area (Å²) in [4.78, 5) is 25.1. The molecule has 0 bridgehead atoms. The number of ether oxygens (including phenoxy) is 1. The summed E-state index contributed by atoms with van der Waals surface area (Å²) in [5.41, 5.74) is 3.46. The molecule has 2 heterocycles. The van der Waals surface area contributed by atoms with Gasteiger partial charge in [-0.3, -0.25) is 4.79 Å². The van der Waals surface area contributed by atoms with Gasteiger partial charge in [0.05, 0.1) is 25.2 Å². The van der Waals surface area contributed by atoms with Gasteiger partial charge in [-0.1, -0.05) is 49.2 Å². The summed E-state index contributed by atoms with van der Waals surface area (Å²) in [6, 6.07) is 5.59. The molecule has 1 atom stereocenters. The summed E-state index contributed by atoms with van der Waals surface area (Å²) in [6.45, 7) is 7.70. The summed E-state index contributed by atoms with van der Waals surface area (Å²) < 4.78 is 5.41. The van der Waals surface area contributed by atoms with E-state index in [9.17, 15) is 9.59 Å². The minimum atomic E-state index is -0.934. The molecule has 162 valence electrons. The Bertz CT molecular complexity index is 885. The summed E-state index contributed by atoms with van der Waals surface area (Å²) in [5, 5.41) is 12.7. The zero-order chi connectivity index (χ0) is 21.9. The molecule has 30 heavy (non-hydrogen) atoms. The molecule has 0 aromatic heterocycles. The second-order valence-electron chi connectivity index (χ2n) is 8.28. The van der Waals surface area contributed by atoms with Gasteiger partial charge in [0.1, 0.15) is 0 Å². The van der Waals surface area contributed by atoms with E-state index in [0.29, 0.717) is 5.02 Å². The molecule has 0 unspecified atom stereocenters. The maximum atomic E-state index is 12.7. The smallest absolute Gasteiger partial charge is 0.322 e. The van der Waals surface area contributed by atoms with Crippen molar-refractivity contribution in [2.45, 2.75) is 45.6 Å². The average molecular weight is 433 g/mol. The Hall–Kier alpha value is -2.31. The third-order valence-electron chi connectivity index (χ3n) is 5.75. The fourth-order valence-corrected chi connectivity index (χ4v) is 4.25. The van der Waals surface area contributed by atoms with E-state index in [1.807, 2.05) is 25.1 Å². The monoisotopic (exact) mass is 432 g/mol. The summed E-state index contributed by atoms with van der Waals surface area (Å²) >= 11 is 6.62. The lowest BCUT2D eigenvalue weighted by molar-refractivity contribution is -0.137. The number of amides is 2. The standard InChI is InChI=1S/C23H29ClN2O4/c1-15(2)19-14-26(9-6-21(27)28)22(29)25-23(19,3)18-5-4-17(20(24)13-18)12-16-7-10-30-11-8-16/h4-5,12-15H,6-11H2,1-3H3,(H,25,29)(H,27,28)/t23-/m0/s1. The van der Waals surface area contributed by atoms with Gasteiger partial charge in [0, 0.05) is 17.8 Å². The minimum Gasteiger partial charge on any atom is -0.481 e. The molecular weight excluding hydrogens is 404 g/mol. The first-order chi connectivity index (χ1) is 14.2. The number of halogens is 1. The van der Waals surface area contributed by atoms with E-state index in [1.165, 1.54) is 10.5 Å². The van der Waals surface area contributed by atoms with Crippen molar-refractivity contribution in [2.75, 3.05) is 19.8 Å². The van der Waals surface area contributed by atoms with E-state index < -0.39 is 11.5 Å². The van der Waals surface area contributed by atoms with Crippen molar-refractivity contribution in [3.05, 3.63) is 51.7 Å². The number of carbonyl (C=O) groups is 2. The van der Waals surface area contributed by atoms with E-state index in [4.69, 9.17) is 21.4 Å². The van der Waals surface area contributed by atoms with Crippen LogP contribution in [0, 0.1) is 5.92 Å². The number of nitrogens with one attached hydrogen (secondary N) is 1. The number of carbonyl (C=O) groups excluding carboxylic acids is 1. The quantitative estimate of drug-likeness (QED) is 0.677. The highest BCUT2D eigenvalue weighted by Gasteiger charge is 2.39. The Kier molecular flexibility index (Phi) is 6.88. The first-order valence-electron chi connectivity index (χ1n) is 10.3. The van der Waals surface area contributed by atoms with Crippen LogP contribution in [0.2, 0.25) is 5.02 Å². The van der Waals surface area contributed by atoms with Gasteiger partial charge < -0.3 is 20.1 Å². The zero-order valence-electron chi connectivity index (χ0n) is 17.7. The molecule has 1 saturated heterocycles. The molecule has 2 N–H and O–H groups in total. The molecule has 1 aromatic carbocycles. The lowest BCUT2D eigenvalue weighted by Crippen LogP contribution is -2.54. The second kappa shape index (κ2) is 9.23. The Morgan fingerprint density at radius 1 is 1.37 bits per heavy atom. The van der Waals surface area contributed by atoms with Crippen molar-refractivity contribution in [3.63, 3.8) is 0 Å². The normalized spacial score (nSPS) is 22.0. The van der Waals surface area contributed by atoms with Crippen LogP contribution in [0.15, 0.2) is 35.5 Å². The molecule has 1 fully saturated rings. The molecule has 0 saturated carbocycles. The number of hydrogen-bond donors (Lipinski definition) is 2. The van der Waals surface area contributed by atoms with E-state index in [0.717, 1.165) is 42.8 Å². The lowest BCUT2D eigenvalue weighted by Gasteiger charge is -2.42. The second-order valence-corrected chi connectivity index (χ2v) is 8.69. The number of aliphatic carboxylic acids is 1. The highest BCUT2D eigenvalue weighted by Crippen LogP contribution is 2.38. The van der Waals surface area contributed by atoms with Crippen molar-refractivity contribution in [1.29, 1.82) is 0 Å². The number of hydrogen-bond acceptors (Lipinski definition) is 3. The Balaban J connectivity index is 1.92. The molecule has 0 aliphatic carbocycles. The average Bonchev–Trinajstić information content (AvgIpc) is 2.69. The summed E-state index contributed by atoms with van der Waals surface area (Å²) in [6.07, 6.45) is 5.64. The number of nitrogens with zero attached hydrogens (tertiary/aromatic N) is 1. The van der Waals surface area contributed by atoms with Gasteiger partial charge in [0.2, 0.25) is 0 Å². The first-order valence-corrected chi connectivity index (χ1v) is 10.7. The van der Waals surface area contributed by atoms with Crippen LogP contribution in [0.1, 0.15) is 51.2 Å². The lowest BCUT2D eigenvalue weighted by atomic mass is 9.78. The van der Waals surface area contributed by atoms with Crippen LogP contribution in [0.3, 0.4) is 0 Å². The van der Waals surface area contributed by atoms with Gasteiger partial charge in [-0.2, -0.15) is 0 Å². The molecule has 0 spiro atoms. The molecule has 2 amide bonds. The Morgan fingerprint density at radius 3 is 2.67 bits per heavy atom. The van der Waals surface area contributed by atoms with Crippen LogP contribution in [-0.4, -0.2) is 41.8 Å². The fraction of sp³-hybridized carbons (Fsp3) is 0.478. The number of benzene rings is 1. The zero-order valence-corrected chi connectivity index (χ0v) is 18.5. The number of carboxylic acids is 1. The van der Waals surface area contributed by atoms with Gasteiger partial charge >= 0.3 is 12.0 Å². The van der Waals surface area contributed by atoms with E-state index in [1.54, 1.807) is 6.20 Å². The number of rotatable bonds is 6. The number of urea groups is 1. The maximum absolute atomic E-state index is 12.7. The number of carboxylic acid groups (broad SMARTS) is 1. The highest BCUT2D eigenvalue weighted by molar-refractivity contribution is 6.32. The van der Waals surface area contributed by atoms with Crippen LogP contribution >= 0.6 is 11.6 Å². The van der Waals surface area contributed by atoms with Crippen LogP contribution in [0.4, 0.5) is 4.79 Å². The molecule has 1 aromatic rings. The molecule has 2 aliphatic rings. The van der Waals surface area contributed by atoms with Crippen molar-refractivity contribution >= 4 is 29.7 Å². The predicted molar refractivity (Wildman–Crippen MR) is 117 cm³/mol. The topological polar surface area (TPSA) is 78.9 Å². The van der Waals surface area contributed by atoms with E-state index in [2.05, 4.69) is 25.2 Å². The molecule has 6 nitrogen and oxygen atoms in total. The van der Waals surface area contributed by atoms with Crippen LogP contribution < -0.4 is 5.32 Å². The van der Waals surface area contributed by atoms with Gasteiger partial charge in [-0.25, -0.2) is 4.79 Å². The summed E-state index contributed by atoms with van der Waals surface area (Å²) in [5.74, 6) is -0.789. The van der Waals surface area contributed by atoms with Crippen LogP contribution in [0.5, 0.6) is 0 Å². The van der Waals surface area contributed by atoms with Gasteiger partial charge in [-0.05, 0) is 48.4 Å². The third-order valence-corrected chi connectivity index (χ3v) is 6.08. The third kappa shape index (κ3) is 4.87. The molecular formula is C23H29ClN2O4. The fourth-order valence-electron chi connectivity index (χ4n) is 4.01. The Labute approximate surface area is 182 Å². The van der Waals surface area contributed by atoms with Crippen molar-refractivity contribution in [3.8, 4) is 0 Å². The molecule has 2 aliphatic heterocycles.